The first-order valence-electron chi connectivity index (χ1n) is 5.68. The van der Waals surface area contributed by atoms with E-state index in [2.05, 4.69) is 0 Å². The van der Waals surface area contributed by atoms with Crippen LogP contribution in [-0.4, -0.2) is 39.1 Å². The molecule has 3 nitrogen and oxygen atoms in total. The largest absolute Gasteiger partial charge is 0.381 e. The number of rotatable bonds is 6. The van der Waals surface area contributed by atoms with Crippen molar-refractivity contribution in [3.8, 4) is 0 Å². The number of methoxy groups -OCH3 is 1. The standard InChI is InChI=1S/C11H22FNO2/c1-14-9-11(12,5-2-6-13)10-3-7-15-8-4-10/h10H,2-9,13H2,1H3. The van der Waals surface area contributed by atoms with E-state index in [9.17, 15) is 4.39 Å². The summed E-state index contributed by atoms with van der Waals surface area (Å²) >= 11 is 0. The van der Waals surface area contributed by atoms with E-state index in [4.69, 9.17) is 15.2 Å². The van der Waals surface area contributed by atoms with Gasteiger partial charge in [0.15, 0.2) is 0 Å². The molecule has 0 radical (unpaired) electrons. The van der Waals surface area contributed by atoms with Crippen molar-refractivity contribution in [1.29, 1.82) is 0 Å². The summed E-state index contributed by atoms with van der Waals surface area (Å²) in [6.45, 7) is 2.06. The van der Waals surface area contributed by atoms with Gasteiger partial charge in [-0.3, -0.25) is 0 Å². The molecule has 1 heterocycles. The van der Waals surface area contributed by atoms with Crippen LogP contribution in [-0.2, 0) is 9.47 Å². The summed E-state index contributed by atoms with van der Waals surface area (Å²) in [6.07, 6.45) is 2.81. The molecule has 0 aromatic heterocycles. The van der Waals surface area contributed by atoms with Gasteiger partial charge >= 0.3 is 0 Å². The zero-order valence-corrected chi connectivity index (χ0v) is 9.51. The lowest BCUT2D eigenvalue weighted by molar-refractivity contribution is -0.0554. The minimum Gasteiger partial charge on any atom is -0.381 e. The van der Waals surface area contributed by atoms with Gasteiger partial charge in [-0.1, -0.05) is 0 Å². The molecule has 0 aromatic rings. The molecule has 1 aliphatic rings. The molecule has 90 valence electrons. The summed E-state index contributed by atoms with van der Waals surface area (Å²) in [7, 11) is 1.55. The number of alkyl halides is 1. The van der Waals surface area contributed by atoms with Gasteiger partial charge in [0.1, 0.15) is 5.67 Å². The van der Waals surface area contributed by atoms with E-state index in [0.717, 1.165) is 19.3 Å². The van der Waals surface area contributed by atoms with Crippen molar-refractivity contribution in [3.05, 3.63) is 0 Å². The van der Waals surface area contributed by atoms with Gasteiger partial charge in [-0.2, -0.15) is 0 Å². The SMILES string of the molecule is COCC(F)(CCCN)C1CCOCC1. The van der Waals surface area contributed by atoms with Gasteiger partial charge in [0, 0.05) is 20.3 Å². The molecule has 1 fully saturated rings. The topological polar surface area (TPSA) is 44.5 Å². The van der Waals surface area contributed by atoms with E-state index in [0.29, 0.717) is 26.2 Å². The Labute approximate surface area is 91.1 Å². The smallest absolute Gasteiger partial charge is 0.137 e. The molecule has 0 aromatic carbocycles. The third kappa shape index (κ3) is 3.70. The molecule has 1 saturated heterocycles. The quantitative estimate of drug-likeness (QED) is 0.736. The Kier molecular flexibility index (Phi) is 5.50. The third-order valence-electron chi connectivity index (χ3n) is 3.13. The van der Waals surface area contributed by atoms with Crippen LogP contribution in [0, 0.1) is 5.92 Å². The van der Waals surface area contributed by atoms with E-state index in [1.807, 2.05) is 0 Å². The minimum absolute atomic E-state index is 0.0674. The summed E-state index contributed by atoms with van der Waals surface area (Å²) in [5.41, 5.74) is 4.22. The van der Waals surface area contributed by atoms with Gasteiger partial charge in [-0.25, -0.2) is 4.39 Å². The summed E-state index contributed by atoms with van der Waals surface area (Å²) in [6, 6.07) is 0. The molecule has 1 atom stereocenters. The van der Waals surface area contributed by atoms with Gasteiger partial charge in [0.05, 0.1) is 6.61 Å². The van der Waals surface area contributed by atoms with Crippen molar-refractivity contribution < 1.29 is 13.9 Å². The van der Waals surface area contributed by atoms with Crippen LogP contribution in [0.15, 0.2) is 0 Å². The van der Waals surface area contributed by atoms with Crippen LogP contribution in [0.5, 0.6) is 0 Å². The molecule has 2 N–H and O–H groups in total. The van der Waals surface area contributed by atoms with E-state index in [1.165, 1.54) is 0 Å². The van der Waals surface area contributed by atoms with Gasteiger partial charge in [0.2, 0.25) is 0 Å². The first-order valence-corrected chi connectivity index (χ1v) is 5.68. The first-order chi connectivity index (χ1) is 7.23. The fourth-order valence-electron chi connectivity index (χ4n) is 2.24. The Hall–Kier alpha value is -0.190. The molecule has 4 heteroatoms. The Morgan fingerprint density at radius 1 is 1.47 bits per heavy atom. The summed E-state index contributed by atoms with van der Waals surface area (Å²) in [4.78, 5) is 0. The molecule has 0 spiro atoms. The summed E-state index contributed by atoms with van der Waals surface area (Å²) in [5.74, 6) is 0.0674. The van der Waals surface area contributed by atoms with Gasteiger partial charge in [0.25, 0.3) is 0 Å². The number of hydrogen-bond acceptors (Lipinski definition) is 3. The van der Waals surface area contributed by atoms with Crippen LogP contribution in [0.4, 0.5) is 4.39 Å². The highest BCUT2D eigenvalue weighted by Gasteiger charge is 2.39. The zero-order valence-electron chi connectivity index (χ0n) is 9.51. The highest BCUT2D eigenvalue weighted by atomic mass is 19.1. The van der Waals surface area contributed by atoms with Crippen molar-refractivity contribution in [3.63, 3.8) is 0 Å². The molecule has 1 aliphatic heterocycles. The third-order valence-corrected chi connectivity index (χ3v) is 3.13. The number of halogens is 1. The lowest BCUT2D eigenvalue weighted by atomic mass is 9.81. The van der Waals surface area contributed by atoms with Crippen LogP contribution in [0.3, 0.4) is 0 Å². The second-order valence-electron chi connectivity index (χ2n) is 4.25. The van der Waals surface area contributed by atoms with Gasteiger partial charge in [-0.05, 0) is 38.1 Å². The zero-order chi connectivity index (χ0) is 11.1. The predicted molar refractivity (Wildman–Crippen MR) is 57.5 cm³/mol. The van der Waals surface area contributed by atoms with Gasteiger partial charge in [-0.15, -0.1) is 0 Å². The molecular formula is C11H22FNO2. The summed E-state index contributed by atoms with van der Waals surface area (Å²) in [5, 5.41) is 0. The molecule has 0 amide bonds. The van der Waals surface area contributed by atoms with Crippen molar-refractivity contribution in [2.45, 2.75) is 31.4 Å². The van der Waals surface area contributed by atoms with Crippen LogP contribution >= 0.6 is 0 Å². The van der Waals surface area contributed by atoms with Crippen LogP contribution < -0.4 is 5.73 Å². The Morgan fingerprint density at radius 3 is 2.67 bits per heavy atom. The fourth-order valence-corrected chi connectivity index (χ4v) is 2.24. The van der Waals surface area contributed by atoms with E-state index in [-0.39, 0.29) is 12.5 Å². The molecule has 1 rings (SSSR count). The highest BCUT2D eigenvalue weighted by molar-refractivity contribution is 4.88. The Morgan fingerprint density at radius 2 is 2.13 bits per heavy atom. The van der Waals surface area contributed by atoms with E-state index < -0.39 is 5.67 Å². The lowest BCUT2D eigenvalue weighted by Crippen LogP contribution is -2.41. The number of ether oxygens (including phenoxy) is 2. The summed E-state index contributed by atoms with van der Waals surface area (Å²) < 4.78 is 24.9. The van der Waals surface area contributed by atoms with Crippen molar-refractivity contribution in [2.75, 3.05) is 33.5 Å². The molecule has 15 heavy (non-hydrogen) atoms. The van der Waals surface area contributed by atoms with E-state index >= 15 is 0 Å². The fraction of sp³-hybridized carbons (Fsp3) is 1.00. The molecular weight excluding hydrogens is 197 g/mol. The lowest BCUT2D eigenvalue weighted by Gasteiger charge is -2.35. The first kappa shape index (κ1) is 12.9. The van der Waals surface area contributed by atoms with Crippen LogP contribution in [0.1, 0.15) is 25.7 Å². The van der Waals surface area contributed by atoms with Crippen LogP contribution in [0.2, 0.25) is 0 Å². The van der Waals surface area contributed by atoms with Crippen molar-refractivity contribution in [2.24, 2.45) is 11.7 Å². The molecule has 0 saturated carbocycles. The Balaban J connectivity index is 2.52. The van der Waals surface area contributed by atoms with Gasteiger partial charge < -0.3 is 15.2 Å². The molecule has 0 aliphatic carbocycles. The molecule has 0 bridgehead atoms. The minimum atomic E-state index is -1.21. The highest BCUT2D eigenvalue weighted by Crippen LogP contribution is 2.34. The van der Waals surface area contributed by atoms with Crippen molar-refractivity contribution in [1.82, 2.24) is 0 Å². The maximum atomic E-state index is 14.6. The second kappa shape index (κ2) is 6.40. The van der Waals surface area contributed by atoms with Crippen molar-refractivity contribution >= 4 is 0 Å². The maximum absolute atomic E-state index is 14.6. The second-order valence-corrected chi connectivity index (χ2v) is 4.25. The normalized spacial score (nSPS) is 22.6. The predicted octanol–water partition coefficient (Wildman–Crippen LogP) is 1.51. The monoisotopic (exact) mass is 219 g/mol. The van der Waals surface area contributed by atoms with Crippen LogP contribution in [0.25, 0.3) is 0 Å². The molecule has 1 unspecified atom stereocenters. The number of hydrogen-bond donors (Lipinski definition) is 1. The maximum Gasteiger partial charge on any atom is 0.137 e. The Bertz CT molecular complexity index is 174. The number of nitrogens with two attached hydrogens (primary N) is 1. The average molecular weight is 219 g/mol. The average Bonchev–Trinajstić information content (AvgIpc) is 2.28. The van der Waals surface area contributed by atoms with E-state index in [1.54, 1.807) is 7.11 Å².